The van der Waals surface area contributed by atoms with Gasteiger partial charge < -0.3 is 19.5 Å². The Morgan fingerprint density at radius 2 is 2.00 bits per heavy atom. The van der Waals surface area contributed by atoms with E-state index in [4.69, 9.17) is 25.8 Å². The highest BCUT2D eigenvalue weighted by Crippen LogP contribution is 2.61. The first kappa shape index (κ1) is 27.0. The van der Waals surface area contributed by atoms with E-state index in [1.807, 2.05) is 0 Å². The molecule has 0 radical (unpaired) electrons. The molecule has 4 atom stereocenters. The van der Waals surface area contributed by atoms with Gasteiger partial charge in [0.1, 0.15) is 17.3 Å². The standard InChI is InChI=1S/C24H40ClN3O5Si/c1-8-32-19(29)13-28-23(30)20(25)21(22(27-28)33-14-31-9-10-34(5,6)7)26-18-12-16-11-17(15(18)2)24(16,3)4/h15-18,26H,8-14H2,1-7H3/t15-,16-,17+,18-/m1/s1. The van der Waals surface area contributed by atoms with Crippen LogP contribution >= 0.6 is 11.6 Å². The van der Waals surface area contributed by atoms with Gasteiger partial charge in [-0.25, -0.2) is 4.68 Å². The summed E-state index contributed by atoms with van der Waals surface area (Å²) < 4.78 is 17.5. The lowest BCUT2D eigenvalue weighted by Crippen LogP contribution is -2.58. The number of nitrogens with zero attached hydrogens (tertiary/aromatic N) is 2. The molecule has 0 aliphatic heterocycles. The van der Waals surface area contributed by atoms with E-state index in [0.29, 0.717) is 35.5 Å². The van der Waals surface area contributed by atoms with E-state index in [0.717, 1.165) is 17.1 Å². The molecule has 0 amide bonds. The molecule has 1 N–H and O–H groups in total. The van der Waals surface area contributed by atoms with E-state index in [2.05, 4.69) is 50.8 Å². The molecule has 34 heavy (non-hydrogen) atoms. The van der Waals surface area contributed by atoms with Gasteiger partial charge in [-0.15, -0.1) is 5.10 Å². The Balaban J connectivity index is 1.80. The van der Waals surface area contributed by atoms with Crippen LogP contribution in [0.25, 0.3) is 0 Å². The third kappa shape index (κ3) is 5.97. The number of carbonyl (C=O) groups is 1. The second kappa shape index (κ2) is 10.6. The van der Waals surface area contributed by atoms with E-state index in [9.17, 15) is 9.59 Å². The molecule has 3 aliphatic rings. The quantitative estimate of drug-likeness (QED) is 0.199. The molecule has 0 saturated heterocycles. The summed E-state index contributed by atoms with van der Waals surface area (Å²) in [6.45, 7) is 15.9. The summed E-state index contributed by atoms with van der Waals surface area (Å²) in [5.41, 5.74) is 0.154. The number of rotatable bonds is 11. The zero-order valence-corrected chi connectivity index (χ0v) is 23.3. The molecule has 0 spiro atoms. The van der Waals surface area contributed by atoms with E-state index >= 15 is 0 Å². The lowest BCUT2D eigenvalue weighted by atomic mass is 9.45. The van der Waals surface area contributed by atoms with Gasteiger partial charge >= 0.3 is 5.97 Å². The van der Waals surface area contributed by atoms with Crippen molar-refractivity contribution < 1.29 is 19.0 Å². The molecule has 192 valence electrons. The van der Waals surface area contributed by atoms with Gasteiger partial charge in [-0.2, -0.15) is 0 Å². The van der Waals surface area contributed by atoms with Crippen LogP contribution in [0.15, 0.2) is 4.79 Å². The van der Waals surface area contributed by atoms with Crippen molar-refractivity contribution in [1.82, 2.24) is 9.78 Å². The molecule has 1 aromatic rings. The van der Waals surface area contributed by atoms with Crippen LogP contribution in [-0.2, 0) is 20.8 Å². The average molecular weight is 514 g/mol. The molecular formula is C24H40ClN3O5Si. The molecule has 8 nitrogen and oxygen atoms in total. The zero-order valence-electron chi connectivity index (χ0n) is 21.6. The van der Waals surface area contributed by atoms with Crippen LogP contribution in [-0.4, -0.2) is 49.9 Å². The number of esters is 1. The first-order valence-electron chi connectivity index (χ1n) is 12.3. The summed E-state index contributed by atoms with van der Waals surface area (Å²) in [5, 5.41) is 7.75. The van der Waals surface area contributed by atoms with Crippen LogP contribution in [0.5, 0.6) is 5.88 Å². The Hall–Kier alpha value is -1.58. The Labute approximate surface area is 208 Å². The van der Waals surface area contributed by atoms with E-state index < -0.39 is 19.6 Å². The Bertz CT molecular complexity index is 946. The minimum absolute atomic E-state index is 0.0153. The largest absolute Gasteiger partial charge is 0.465 e. The van der Waals surface area contributed by atoms with Crippen LogP contribution in [0.4, 0.5) is 5.69 Å². The topological polar surface area (TPSA) is 91.7 Å². The first-order valence-corrected chi connectivity index (χ1v) is 16.4. The Kier molecular flexibility index (Phi) is 8.40. The summed E-state index contributed by atoms with van der Waals surface area (Å²) in [4.78, 5) is 24.9. The Morgan fingerprint density at radius 3 is 2.59 bits per heavy atom. The van der Waals surface area contributed by atoms with E-state index in [-0.39, 0.29) is 36.9 Å². The maximum absolute atomic E-state index is 12.9. The van der Waals surface area contributed by atoms with Crippen LogP contribution in [0.2, 0.25) is 30.7 Å². The van der Waals surface area contributed by atoms with E-state index in [1.165, 1.54) is 6.42 Å². The van der Waals surface area contributed by atoms with Crippen LogP contribution < -0.4 is 15.6 Å². The molecule has 4 rings (SSSR count). The molecular weight excluding hydrogens is 474 g/mol. The molecule has 2 bridgehead atoms. The number of hydrogen-bond donors (Lipinski definition) is 1. The number of anilines is 1. The van der Waals surface area contributed by atoms with Crippen LogP contribution in [0.3, 0.4) is 0 Å². The summed E-state index contributed by atoms with van der Waals surface area (Å²) in [7, 11) is -1.23. The maximum Gasteiger partial charge on any atom is 0.327 e. The molecule has 3 saturated carbocycles. The highest BCUT2D eigenvalue weighted by atomic mass is 35.5. The molecule has 0 unspecified atom stereocenters. The predicted octanol–water partition coefficient (Wildman–Crippen LogP) is 4.63. The van der Waals surface area contributed by atoms with Crippen molar-refractivity contribution in [1.29, 1.82) is 0 Å². The van der Waals surface area contributed by atoms with Gasteiger partial charge in [-0.3, -0.25) is 9.59 Å². The fourth-order valence-electron chi connectivity index (χ4n) is 5.24. The van der Waals surface area contributed by atoms with Gasteiger partial charge in [0.15, 0.2) is 6.79 Å². The van der Waals surface area contributed by atoms with E-state index in [1.54, 1.807) is 6.92 Å². The predicted molar refractivity (Wildman–Crippen MR) is 136 cm³/mol. The molecule has 10 heteroatoms. The number of ether oxygens (including phenoxy) is 3. The monoisotopic (exact) mass is 513 g/mol. The van der Waals surface area contributed by atoms with Gasteiger partial charge in [0.2, 0.25) is 0 Å². The van der Waals surface area contributed by atoms with Crippen LogP contribution in [0.1, 0.15) is 40.5 Å². The van der Waals surface area contributed by atoms with Gasteiger partial charge in [-0.1, -0.05) is 52.0 Å². The average Bonchev–Trinajstić information content (AvgIpc) is 2.74. The van der Waals surface area contributed by atoms with Crippen molar-refractivity contribution in [3.63, 3.8) is 0 Å². The SMILES string of the molecule is CCOC(=O)Cn1nc(OCOCC[Si](C)(C)C)c(N[C@@H]2C[C@H]3C[C@@H]([C@H]2C)C3(C)C)c(Cl)c1=O. The van der Waals surface area contributed by atoms with Gasteiger partial charge in [0.05, 0.1) is 6.61 Å². The number of nitrogens with one attached hydrogen (secondary N) is 1. The second-order valence-corrected chi connectivity index (χ2v) is 17.4. The van der Waals surface area contributed by atoms with Gasteiger partial charge in [-0.05, 0) is 49.0 Å². The van der Waals surface area contributed by atoms with Crippen molar-refractivity contribution in [3.8, 4) is 5.88 Å². The molecule has 1 aromatic heterocycles. The van der Waals surface area contributed by atoms with Crippen molar-refractivity contribution in [2.75, 3.05) is 25.3 Å². The number of hydrogen-bond acceptors (Lipinski definition) is 7. The fraction of sp³-hybridized carbons (Fsp3) is 0.792. The van der Waals surface area contributed by atoms with Crippen LogP contribution in [0, 0.1) is 23.2 Å². The number of carbonyl (C=O) groups excluding carboxylic acids is 1. The minimum atomic E-state index is -1.23. The number of aromatic nitrogens is 2. The molecule has 3 fully saturated rings. The zero-order chi connectivity index (χ0) is 25.3. The van der Waals surface area contributed by atoms with Crippen molar-refractivity contribution in [3.05, 3.63) is 15.4 Å². The van der Waals surface area contributed by atoms with Crippen molar-refractivity contribution in [2.24, 2.45) is 23.2 Å². The third-order valence-electron chi connectivity index (χ3n) is 7.61. The lowest BCUT2D eigenvalue weighted by Gasteiger charge is -2.62. The van der Waals surface area contributed by atoms with Gasteiger partial charge in [0, 0.05) is 20.7 Å². The molecule has 3 aliphatic carbocycles. The second-order valence-electron chi connectivity index (χ2n) is 11.4. The van der Waals surface area contributed by atoms with Crippen molar-refractivity contribution in [2.45, 2.75) is 78.8 Å². The highest BCUT2D eigenvalue weighted by molar-refractivity contribution is 6.76. The fourth-order valence-corrected chi connectivity index (χ4v) is 6.23. The maximum atomic E-state index is 12.9. The summed E-state index contributed by atoms with van der Waals surface area (Å²) in [6, 6.07) is 1.17. The highest BCUT2D eigenvalue weighted by Gasteiger charge is 2.56. The first-order chi connectivity index (χ1) is 15.8. The normalized spacial score (nSPS) is 25.4. The third-order valence-corrected chi connectivity index (χ3v) is 9.67. The Morgan fingerprint density at radius 1 is 1.29 bits per heavy atom. The summed E-state index contributed by atoms with van der Waals surface area (Å²) in [6.07, 6.45) is 2.24. The summed E-state index contributed by atoms with van der Waals surface area (Å²) >= 11 is 6.53. The smallest absolute Gasteiger partial charge is 0.327 e. The number of halogens is 1. The molecule has 0 aromatic carbocycles. The number of fused-ring (bicyclic) bond motifs is 2. The van der Waals surface area contributed by atoms with Crippen molar-refractivity contribution >= 4 is 31.3 Å². The lowest BCUT2D eigenvalue weighted by molar-refractivity contribution is -0.144. The van der Waals surface area contributed by atoms with Gasteiger partial charge in [0.25, 0.3) is 11.4 Å². The minimum Gasteiger partial charge on any atom is -0.465 e. The molecule has 1 heterocycles. The summed E-state index contributed by atoms with van der Waals surface area (Å²) in [5.74, 6) is 1.27.